The number of hydrogen-bond acceptors (Lipinski definition) is 3. The third-order valence-electron chi connectivity index (χ3n) is 3.44. The van der Waals surface area contributed by atoms with Gasteiger partial charge in [0.15, 0.2) is 0 Å². The van der Waals surface area contributed by atoms with Gasteiger partial charge in [-0.15, -0.1) is 0 Å². The number of amides is 2. The Morgan fingerprint density at radius 2 is 2.16 bits per heavy atom. The average molecular weight is 272 g/mol. The normalized spacial score (nSPS) is 22.5. The highest BCUT2D eigenvalue weighted by Crippen LogP contribution is 2.26. The van der Waals surface area contributed by atoms with Crippen LogP contribution in [0.2, 0.25) is 0 Å². The standard InChI is InChI=1S/C13H24N2O4/c1-9(2)12-10(5-7-19-12)8-14-13(18)15(3)6-4-11(16)17/h9-10,12H,4-8H2,1-3H3,(H,14,18)(H,16,17). The molecule has 1 fully saturated rings. The van der Waals surface area contributed by atoms with E-state index in [0.29, 0.717) is 18.4 Å². The number of nitrogens with one attached hydrogen (secondary N) is 1. The second-order valence-corrected chi connectivity index (χ2v) is 5.38. The Morgan fingerprint density at radius 3 is 2.74 bits per heavy atom. The molecule has 2 atom stereocenters. The van der Waals surface area contributed by atoms with Crippen molar-refractivity contribution in [3.63, 3.8) is 0 Å². The number of carbonyl (C=O) groups is 2. The third kappa shape index (κ3) is 5.06. The molecule has 0 aromatic rings. The molecule has 0 aromatic carbocycles. The van der Waals surface area contributed by atoms with Gasteiger partial charge >= 0.3 is 12.0 Å². The van der Waals surface area contributed by atoms with Crippen molar-refractivity contribution in [2.75, 3.05) is 26.7 Å². The van der Waals surface area contributed by atoms with Gasteiger partial charge < -0.3 is 20.1 Å². The summed E-state index contributed by atoms with van der Waals surface area (Å²) in [6.07, 6.45) is 1.12. The van der Waals surface area contributed by atoms with E-state index in [9.17, 15) is 9.59 Å². The predicted octanol–water partition coefficient (Wildman–Crippen LogP) is 1.16. The highest BCUT2D eigenvalue weighted by molar-refractivity contribution is 5.74. The first kappa shape index (κ1) is 15.8. The van der Waals surface area contributed by atoms with Crippen molar-refractivity contribution in [1.29, 1.82) is 0 Å². The lowest BCUT2D eigenvalue weighted by Gasteiger charge is -2.24. The molecule has 110 valence electrons. The molecule has 0 bridgehead atoms. The maximum absolute atomic E-state index is 11.8. The summed E-state index contributed by atoms with van der Waals surface area (Å²) in [6.45, 7) is 5.78. The number of ether oxygens (including phenoxy) is 1. The Kier molecular flexibility index (Phi) is 6.08. The van der Waals surface area contributed by atoms with Crippen LogP contribution in [0.4, 0.5) is 4.79 Å². The van der Waals surface area contributed by atoms with E-state index >= 15 is 0 Å². The minimum absolute atomic E-state index is 0.0366. The molecule has 2 N–H and O–H groups in total. The number of hydrogen-bond donors (Lipinski definition) is 2. The lowest BCUT2D eigenvalue weighted by Crippen LogP contribution is -2.42. The molecule has 1 heterocycles. The maximum Gasteiger partial charge on any atom is 0.317 e. The molecule has 0 aromatic heterocycles. The van der Waals surface area contributed by atoms with Crippen LogP contribution in [-0.2, 0) is 9.53 Å². The molecule has 1 aliphatic rings. The maximum atomic E-state index is 11.8. The first-order valence-corrected chi connectivity index (χ1v) is 6.74. The molecule has 1 aliphatic heterocycles. The van der Waals surface area contributed by atoms with Gasteiger partial charge in [0.05, 0.1) is 12.5 Å². The Morgan fingerprint density at radius 1 is 1.47 bits per heavy atom. The van der Waals surface area contributed by atoms with Crippen LogP contribution in [0, 0.1) is 11.8 Å². The Labute approximate surface area is 114 Å². The van der Waals surface area contributed by atoms with E-state index in [1.54, 1.807) is 7.05 Å². The second-order valence-electron chi connectivity index (χ2n) is 5.38. The molecule has 6 nitrogen and oxygen atoms in total. The van der Waals surface area contributed by atoms with Gasteiger partial charge in [-0.05, 0) is 12.3 Å². The van der Waals surface area contributed by atoms with E-state index in [4.69, 9.17) is 9.84 Å². The molecule has 2 amide bonds. The van der Waals surface area contributed by atoms with Crippen LogP contribution in [0.15, 0.2) is 0 Å². The molecule has 6 heteroatoms. The summed E-state index contributed by atoms with van der Waals surface area (Å²) in [6, 6.07) is -0.226. The fraction of sp³-hybridized carbons (Fsp3) is 0.846. The number of carboxylic acids is 1. The first-order valence-electron chi connectivity index (χ1n) is 6.74. The first-order chi connectivity index (χ1) is 8.91. The molecule has 0 spiro atoms. The fourth-order valence-electron chi connectivity index (χ4n) is 2.33. The minimum Gasteiger partial charge on any atom is -0.481 e. The lowest BCUT2D eigenvalue weighted by atomic mass is 9.93. The number of carboxylic acid groups (broad SMARTS) is 1. The largest absolute Gasteiger partial charge is 0.481 e. The molecule has 1 saturated heterocycles. The molecule has 0 aliphatic carbocycles. The summed E-state index contributed by atoms with van der Waals surface area (Å²) in [5.41, 5.74) is 0. The lowest BCUT2D eigenvalue weighted by molar-refractivity contribution is -0.137. The molecule has 2 unspecified atom stereocenters. The topological polar surface area (TPSA) is 78.9 Å². The van der Waals surface area contributed by atoms with Gasteiger partial charge in [0, 0.05) is 32.7 Å². The van der Waals surface area contributed by atoms with Crippen molar-refractivity contribution in [2.24, 2.45) is 11.8 Å². The Hall–Kier alpha value is -1.30. The average Bonchev–Trinajstić information content (AvgIpc) is 2.81. The van der Waals surface area contributed by atoms with E-state index in [-0.39, 0.29) is 25.1 Å². The van der Waals surface area contributed by atoms with E-state index < -0.39 is 5.97 Å². The molecular formula is C13H24N2O4. The SMILES string of the molecule is CC(C)C1OCCC1CNC(=O)N(C)CCC(=O)O. The van der Waals surface area contributed by atoms with Crippen LogP contribution in [0.25, 0.3) is 0 Å². The highest BCUT2D eigenvalue weighted by atomic mass is 16.5. The smallest absolute Gasteiger partial charge is 0.317 e. The Bertz CT molecular complexity index is 320. The predicted molar refractivity (Wildman–Crippen MR) is 71.0 cm³/mol. The van der Waals surface area contributed by atoms with E-state index in [1.165, 1.54) is 4.90 Å². The molecule has 0 radical (unpaired) electrons. The summed E-state index contributed by atoms with van der Waals surface area (Å²) in [5, 5.41) is 11.4. The van der Waals surface area contributed by atoms with Crippen molar-refractivity contribution in [1.82, 2.24) is 10.2 Å². The summed E-state index contributed by atoms with van der Waals surface area (Å²) >= 11 is 0. The number of aliphatic carboxylic acids is 1. The zero-order chi connectivity index (χ0) is 14.4. The van der Waals surface area contributed by atoms with Crippen molar-refractivity contribution in [3.8, 4) is 0 Å². The molecule has 0 saturated carbocycles. The number of carbonyl (C=O) groups excluding carboxylic acids is 1. The van der Waals surface area contributed by atoms with Crippen LogP contribution in [-0.4, -0.2) is 54.9 Å². The van der Waals surface area contributed by atoms with Crippen molar-refractivity contribution < 1.29 is 19.4 Å². The van der Waals surface area contributed by atoms with Crippen molar-refractivity contribution >= 4 is 12.0 Å². The molecular weight excluding hydrogens is 248 g/mol. The van der Waals surface area contributed by atoms with Crippen molar-refractivity contribution in [2.45, 2.75) is 32.8 Å². The summed E-state index contributed by atoms with van der Waals surface area (Å²) in [7, 11) is 1.60. The van der Waals surface area contributed by atoms with Gasteiger partial charge in [-0.2, -0.15) is 0 Å². The third-order valence-corrected chi connectivity index (χ3v) is 3.44. The van der Waals surface area contributed by atoms with Gasteiger partial charge in [-0.1, -0.05) is 13.8 Å². The zero-order valence-corrected chi connectivity index (χ0v) is 11.9. The van der Waals surface area contributed by atoms with Gasteiger partial charge in [-0.3, -0.25) is 4.79 Å². The van der Waals surface area contributed by atoms with Crippen LogP contribution >= 0.6 is 0 Å². The number of rotatable bonds is 6. The monoisotopic (exact) mass is 272 g/mol. The second kappa shape index (κ2) is 7.33. The van der Waals surface area contributed by atoms with Crippen molar-refractivity contribution in [3.05, 3.63) is 0 Å². The van der Waals surface area contributed by atoms with Crippen LogP contribution in [0.5, 0.6) is 0 Å². The van der Waals surface area contributed by atoms with Crippen LogP contribution in [0.3, 0.4) is 0 Å². The number of nitrogens with zero attached hydrogens (tertiary/aromatic N) is 1. The van der Waals surface area contributed by atoms with Gasteiger partial charge in [-0.25, -0.2) is 4.79 Å². The summed E-state index contributed by atoms with van der Waals surface area (Å²) in [5.74, 6) is -0.116. The van der Waals surface area contributed by atoms with E-state index in [0.717, 1.165) is 13.0 Å². The number of urea groups is 1. The summed E-state index contributed by atoms with van der Waals surface area (Å²) < 4.78 is 5.66. The molecule has 19 heavy (non-hydrogen) atoms. The molecule has 1 rings (SSSR count). The van der Waals surface area contributed by atoms with E-state index in [1.807, 2.05) is 0 Å². The highest BCUT2D eigenvalue weighted by Gasteiger charge is 2.30. The van der Waals surface area contributed by atoms with Gasteiger partial charge in [0.2, 0.25) is 0 Å². The zero-order valence-electron chi connectivity index (χ0n) is 11.9. The van der Waals surface area contributed by atoms with Gasteiger partial charge in [0.1, 0.15) is 0 Å². The summed E-state index contributed by atoms with van der Waals surface area (Å²) in [4.78, 5) is 23.6. The van der Waals surface area contributed by atoms with Gasteiger partial charge in [0.25, 0.3) is 0 Å². The Balaban J connectivity index is 2.31. The van der Waals surface area contributed by atoms with E-state index in [2.05, 4.69) is 19.2 Å². The quantitative estimate of drug-likeness (QED) is 0.760. The van der Waals surface area contributed by atoms with Crippen LogP contribution < -0.4 is 5.32 Å². The fourth-order valence-corrected chi connectivity index (χ4v) is 2.33. The van der Waals surface area contributed by atoms with Crippen LogP contribution in [0.1, 0.15) is 26.7 Å². The minimum atomic E-state index is -0.899.